The van der Waals surface area contributed by atoms with Gasteiger partial charge in [-0.2, -0.15) is 0 Å². The molecule has 4 aromatic rings. The quantitative estimate of drug-likeness (QED) is 0.515. The summed E-state index contributed by atoms with van der Waals surface area (Å²) in [6.07, 6.45) is 11.9. The maximum Gasteiger partial charge on any atom is 0.163 e. The third-order valence-electron chi connectivity index (χ3n) is 7.44. The Kier molecular flexibility index (Phi) is 4.03. The van der Waals surface area contributed by atoms with E-state index in [-0.39, 0.29) is 0 Å². The predicted octanol–water partition coefficient (Wildman–Crippen LogP) is 4.08. The number of piperidine rings is 1. The van der Waals surface area contributed by atoms with Crippen molar-refractivity contribution in [2.75, 3.05) is 18.0 Å². The lowest BCUT2D eigenvalue weighted by atomic mass is 9.99. The van der Waals surface area contributed by atoms with Crippen molar-refractivity contribution in [2.45, 2.75) is 57.0 Å². The number of hydrogen-bond donors (Lipinski definition) is 2. The van der Waals surface area contributed by atoms with Crippen LogP contribution in [0.15, 0.2) is 30.7 Å². The van der Waals surface area contributed by atoms with Crippen LogP contribution >= 0.6 is 0 Å². The van der Waals surface area contributed by atoms with Crippen molar-refractivity contribution in [3.05, 3.63) is 42.0 Å². The van der Waals surface area contributed by atoms with E-state index in [0.29, 0.717) is 18.0 Å². The summed E-state index contributed by atoms with van der Waals surface area (Å²) in [5, 5.41) is 6.03. The third kappa shape index (κ3) is 2.84. The molecule has 2 saturated heterocycles. The molecule has 0 unspecified atom stereocenters. The summed E-state index contributed by atoms with van der Waals surface area (Å²) in [5.74, 6) is 2.46. The first-order valence-corrected chi connectivity index (χ1v) is 11.9. The Hall–Kier alpha value is -3.06. The molecule has 7 nitrogen and oxygen atoms in total. The van der Waals surface area contributed by atoms with Gasteiger partial charge < -0.3 is 15.2 Å². The first-order valence-electron chi connectivity index (χ1n) is 11.9. The second-order valence-electron chi connectivity index (χ2n) is 9.59. The van der Waals surface area contributed by atoms with Gasteiger partial charge in [0.25, 0.3) is 0 Å². The van der Waals surface area contributed by atoms with Gasteiger partial charge in [-0.25, -0.2) is 15.0 Å². The molecule has 7 rings (SSSR count). The Labute approximate surface area is 186 Å². The number of nitrogens with zero attached hydrogens (tertiary/aromatic N) is 5. The number of hydrogen-bond acceptors (Lipinski definition) is 6. The normalized spacial score (nSPS) is 23.2. The summed E-state index contributed by atoms with van der Waals surface area (Å²) in [6.45, 7) is 4.23. The standard InChI is InChI=1S/C25H27N7/c1-14-11-17-16(6-9-28-23(17)29-14)24-30-20-13-26-12-18(15-4-5-15)22(20)25(31-24)32-10-7-19-21(32)3-2-8-27-19/h6,9,11-13,15,19,21,27H,2-5,7-8,10H2,1H3,(H,28,29)/t19-,21-/m1/s1. The summed E-state index contributed by atoms with van der Waals surface area (Å²) in [6, 6.07) is 5.24. The third-order valence-corrected chi connectivity index (χ3v) is 7.44. The SMILES string of the molecule is Cc1cc2c(-c3nc(N4CC[C@H]5NCCC[C@H]54)c4c(C5CC5)cncc4n3)ccnc2[nH]1. The van der Waals surface area contributed by atoms with Gasteiger partial charge >= 0.3 is 0 Å². The number of aromatic nitrogens is 5. The number of nitrogens with one attached hydrogen (secondary N) is 2. The zero-order valence-corrected chi connectivity index (χ0v) is 18.3. The van der Waals surface area contributed by atoms with E-state index < -0.39 is 0 Å². The first kappa shape index (κ1) is 18.5. The summed E-state index contributed by atoms with van der Waals surface area (Å²) in [4.78, 5) is 25.4. The Morgan fingerprint density at radius 1 is 1.09 bits per heavy atom. The van der Waals surface area contributed by atoms with Gasteiger partial charge in [0.1, 0.15) is 11.5 Å². The van der Waals surface area contributed by atoms with Crippen molar-refractivity contribution in [2.24, 2.45) is 0 Å². The van der Waals surface area contributed by atoms with Crippen molar-refractivity contribution in [3.8, 4) is 11.4 Å². The predicted molar refractivity (Wildman–Crippen MR) is 126 cm³/mol. The molecule has 3 aliphatic rings. The fourth-order valence-corrected chi connectivity index (χ4v) is 5.78. The number of fused-ring (bicyclic) bond motifs is 3. The lowest BCUT2D eigenvalue weighted by molar-refractivity contribution is 0.382. The van der Waals surface area contributed by atoms with Crippen LogP contribution in [0.5, 0.6) is 0 Å². The molecule has 0 radical (unpaired) electrons. The molecule has 0 spiro atoms. The van der Waals surface area contributed by atoms with E-state index in [4.69, 9.17) is 9.97 Å². The molecular formula is C25H27N7. The van der Waals surface area contributed by atoms with E-state index in [9.17, 15) is 0 Å². The average Bonchev–Trinajstić information content (AvgIpc) is 3.46. The molecule has 2 atom stereocenters. The number of pyridine rings is 2. The molecule has 0 amide bonds. The highest BCUT2D eigenvalue weighted by molar-refractivity contribution is 5.97. The molecule has 1 aliphatic carbocycles. The van der Waals surface area contributed by atoms with Crippen molar-refractivity contribution < 1.29 is 0 Å². The maximum absolute atomic E-state index is 5.29. The lowest BCUT2D eigenvalue weighted by Crippen LogP contribution is -2.47. The van der Waals surface area contributed by atoms with E-state index in [0.717, 1.165) is 52.5 Å². The van der Waals surface area contributed by atoms with Crippen molar-refractivity contribution in [1.82, 2.24) is 30.2 Å². The highest BCUT2D eigenvalue weighted by Crippen LogP contribution is 2.46. The van der Waals surface area contributed by atoms with Crippen molar-refractivity contribution in [3.63, 3.8) is 0 Å². The topological polar surface area (TPSA) is 82.6 Å². The molecule has 2 N–H and O–H groups in total. The Bertz CT molecular complexity index is 1340. The molecule has 2 aliphatic heterocycles. The van der Waals surface area contributed by atoms with Crippen LogP contribution in [-0.4, -0.2) is 50.1 Å². The van der Waals surface area contributed by atoms with Gasteiger partial charge in [-0.1, -0.05) is 0 Å². The van der Waals surface area contributed by atoms with Gasteiger partial charge in [0.05, 0.1) is 11.7 Å². The van der Waals surface area contributed by atoms with Gasteiger partial charge in [0.2, 0.25) is 0 Å². The van der Waals surface area contributed by atoms with E-state index >= 15 is 0 Å². The van der Waals surface area contributed by atoms with Crippen LogP contribution in [0.3, 0.4) is 0 Å². The summed E-state index contributed by atoms with van der Waals surface area (Å²) >= 11 is 0. The van der Waals surface area contributed by atoms with Crippen LogP contribution in [0.4, 0.5) is 5.82 Å². The molecule has 4 aromatic heterocycles. The van der Waals surface area contributed by atoms with E-state index in [1.54, 1.807) is 0 Å². The highest BCUT2D eigenvalue weighted by Gasteiger charge is 2.38. The smallest absolute Gasteiger partial charge is 0.163 e. The van der Waals surface area contributed by atoms with E-state index in [1.807, 2.05) is 18.5 Å². The summed E-state index contributed by atoms with van der Waals surface area (Å²) < 4.78 is 0. The zero-order valence-electron chi connectivity index (χ0n) is 18.3. The molecule has 3 fully saturated rings. The molecule has 6 heterocycles. The second kappa shape index (κ2) is 6.97. The number of anilines is 1. The van der Waals surface area contributed by atoms with Crippen molar-refractivity contribution >= 4 is 27.8 Å². The van der Waals surface area contributed by atoms with E-state index in [2.05, 4.69) is 44.4 Å². The summed E-state index contributed by atoms with van der Waals surface area (Å²) in [5.41, 5.74) is 5.28. The second-order valence-corrected chi connectivity index (χ2v) is 9.59. The molecule has 7 heteroatoms. The van der Waals surface area contributed by atoms with Gasteiger partial charge in [0.15, 0.2) is 5.82 Å². The molecule has 162 valence electrons. The number of rotatable bonds is 3. The summed E-state index contributed by atoms with van der Waals surface area (Å²) in [7, 11) is 0. The van der Waals surface area contributed by atoms with E-state index in [1.165, 1.54) is 43.1 Å². The minimum atomic E-state index is 0.502. The minimum Gasteiger partial charge on any atom is -0.351 e. The Balaban J connectivity index is 1.47. The lowest BCUT2D eigenvalue weighted by Gasteiger charge is -2.34. The maximum atomic E-state index is 5.29. The van der Waals surface area contributed by atoms with Gasteiger partial charge in [-0.3, -0.25) is 4.98 Å². The number of aromatic amines is 1. The Morgan fingerprint density at radius 2 is 2.03 bits per heavy atom. The molecule has 32 heavy (non-hydrogen) atoms. The molecule has 0 aromatic carbocycles. The fraction of sp³-hybridized carbons (Fsp3) is 0.440. The van der Waals surface area contributed by atoms with Crippen LogP contribution in [0.2, 0.25) is 0 Å². The van der Waals surface area contributed by atoms with Gasteiger partial charge in [0, 0.05) is 53.1 Å². The fourth-order valence-electron chi connectivity index (χ4n) is 5.78. The van der Waals surface area contributed by atoms with Crippen LogP contribution in [0, 0.1) is 6.92 Å². The minimum absolute atomic E-state index is 0.502. The molecular weight excluding hydrogens is 398 g/mol. The van der Waals surface area contributed by atoms with Crippen LogP contribution in [0.25, 0.3) is 33.3 Å². The monoisotopic (exact) mass is 425 g/mol. The van der Waals surface area contributed by atoms with Gasteiger partial charge in [-0.05, 0) is 69.2 Å². The number of H-pyrrole nitrogens is 1. The van der Waals surface area contributed by atoms with Crippen LogP contribution in [-0.2, 0) is 0 Å². The molecule has 0 bridgehead atoms. The van der Waals surface area contributed by atoms with Crippen molar-refractivity contribution in [1.29, 1.82) is 0 Å². The molecule has 1 saturated carbocycles. The van der Waals surface area contributed by atoms with Crippen LogP contribution in [0.1, 0.15) is 49.3 Å². The average molecular weight is 426 g/mol. The zero-order chi connectivity index (χ0) is 21.2. The largest absolute Gasteiger partial charge is 0.351 e. The number of aryl methyl sites for hydroxylation is 1. The highest BCUT2D eigenvalue weighted by atomic mass is 15.3. The van der Waals surface area contributed by atoms with Gasteiger partial charge in [-0.15, -0.1) is 0 Å². The Morgan fingerprint density at radius 3 is 2.94 bits per heavy atom. The van der Waals surface area contributed by atoms with Crippen LogP contribution < -0.4 is 10.2 Å². The first-order chi connectivity index (χ1) is 15.8.